The predicted molar refractivity (Wildman–Crippen MR) is 64.5 cm³/mol. The van der Waals surface area contributed by atoms with E-state index >= 15 is 0 Å². The van der Waals surface area contributed by atoms with E-state index in [1.807, 2.05) is 13.8 Å². The van der Waals surface area contributed by atoms with E-state index in [0.717, 1.165) is 0 Å². The van der Waals surface area contributed by atoms with Gasteiger partial charge in [-0.2, -0.15) is 0 Å². The molecule has 16 heavy (non-hydrogen) atoms. The molecule has 0 aromatic carbocycles. The summed E-state index contributed by atoms with van der Waals surface area (Å²) in [7, 11) is 0. The van der Waals surface area contributed by atoms with Crippen molar-refractivity contribution in [3.05, 3.63) is 0 Å². The molecule has 96 valence electrons. The van der Waals surface area contributed by atoms with Crippen molar-refractivity contribution in [2.24, 2.45) is 5.92 Å². The van der Waals surface area contributed by atoms with E-state index in [4.69, 9.17) is 9.47 Å². The molecule has 0 spiro atoms. The maximum Gasteiger partial charge on any atom is 0.104 e. The van der Waals surface area contributed by atoms with Gasteiger partial charge in [0, 0.05) is 13.2 Å². The Kier molecular flexibility index (Phi) is 7.01. The predicted octanol–water partition coefficient (Wildman–Crippen LogP) is 2.37. The molecular formula is C13H26O3. The van der Waals surface area contributed by atoms with E-state index in [-0.39, 0.29) is 6.10 Å². The minimum atomic E-state index is -0.469. The fourth-order valence-electron chi connectivity index (χ4n) is 2.55. The highest BCUT2D eigenvalue weighted by molar-refractivity contribution is 4.80. The monoisotopic (exact) mass is 230 g/mol. The molecular weight excluding hydrogens is 204 g/mol. The zero-order chi connectivity index (χ0) is 11.8. The average Bonchev–Trinajstić information content (AvgIpc) is 2.34. The van der Waals surface area contributed by atoms with Crippen LogP contribution in [0.25, 0.3) is 0 Å². The number of rotatable bonds is 7. The molecule has 0 aliphatic heterocycles. The van der Waals surface area contributed by atoms with Crippen LogP contribution in [0.2, 0.25) is 0 Å². The minimum Gasteiger partial charge on any atom is -0.388 e. The number of aliphatic hydroxyl groups is 1. The molecule has 0 saturated heterocycles. The summed E-state index contributed by atoms with van der Waals surface area (Å²) in [4.78, 5) is 0. The summed E-state index contributed by atoms with van der Waals surface area (Å²) in [5, 5.41) is 10.1. The molecule has 0 bridgehead atoms. The molecule has 1 fully saturated rings. The molecule has 0 aromatic rings. The van der Waals surface area contributed by atoms with Gasteiger partial charge in [0.1, 0.15) is 6.10 Å². The summed E-state index contributed by atoms with van der Waals surface area (Å²) >= 11 is 0. The van der Waals surface area contributed by atoms with Crippen molar-refractivity contribution in [3.8, 4) is 0 Å². The van der Waals surface area contributed by atoms with Gasteiger partial charge in [0.15, 0.2) is 0 Å². The van der Waals surface area contributed by atoms with Crippen molar-refractivity contribution in [1.29, 1.82) is 0 Å². The Bertz CT molecular complexity index is 167. The quantitative estimate of drug-likeness (QED) is 0.729. The lowest BCUT2D eigenvalue weighted by Crippen LogP contribution is -2.40. The Morgan fingerprint density at radius 2 is 1.81 bits per heavy atom. The van der Waals surface area contributed by atoms with Crippen LogP contribution >= 0.6 is 0 Å². The van der Waals surface area contributed by atoms with Crippen LogP contribution in [0.15, 0.2) is 0 Å². The van der Waals surface area contributed by atoms with Crippen molar-refractivity contribution >= 4 is 0 Å². The molecule has 1 N–H and O–H groups in total. The summed E-state index contributed by atoms with van der Waals surface area (Å²) in [5.74, 6) is 0.518. The van der Waals surface area contributed by atoms with E-state index < -0.39 is 6.10 Å². The van der Waals surface area contributed by atoms with E-state index in [2.05, 4.69) is 0 Å². The molecule has 1 aliphatic rings. The maximum atomic E-state index is 10.1. The number of ether oxygens (including phenoxy) is 2. The molecule has 0 heterocycles. The second-order valence-corrected chi connectivity index (χ2v) is 4.54. The summed E-state index contributed by atoms with van der Waals surface area (Å²) < 4.78 is 11.0. The summed E-state index contributed by atoms with van der Waals surface area (Å²) in [6.07, 6.45) is 5.75. The Labute approximate surface area is 99.1 Å². The largest absolute Gasteiger partial charge is 0.388 e. The highest BCUT2D eigenvalue weighted by Gasteiger charge is 2.29. The lowest BCUT2D eigenvalue weighted by Gasteiger charge is -2.33. The summed E-state index contributed by atoms with van der Waals surface area (Å²) in [6.45, 7) is 5.66. The topological polar surface area (TPSA) is 38.7 Å². The van der Waals surface area contributed by atoms with E-state index in [1.54, 1.807) is 0 Å². The first-order chi connectivity index (χ1) is 7.79. The summed E-state index contributed by atoms with van der Waals surface area (Å²) in [6, 6.07) is 0. The van der Waals surface area contributed by atoms with Gasteiger partial charge in [0.05, 0.1) is 12.7 Å². The van der Waals surface area contributed by atoms with Gasteiger partial charge in [-0.1, -0.05) is 19.3 Å². The Balaban J connectivity index is 2.43. The first-order valence-corrected chi connectivity index (χ1v) is 6.67. The average molecular weight is 230 g/mol. The van der Waals surface area contributed by atoms with Crippen molar-refractivity contribution in [3.63, 3.8) is 0 Å². The molecule has 0 amide bonds. The van der Waals surface area contributed by atoms with Crippen molar-refractivity contribution in [2.45, 2.75) is 58.2 Å². The maximum absolute atomic E-state index is 10.1. The highest BCUT2D eigenvalue weighted by Crippen LogP contribution is 2.29. The normalized spacial score (nSPS) is 21.9. The third-order valence-corrected chi connectivity index (χ3v) is 3.35. The lowest BCUT2D eigenvalue weighted by atomic mass is 9.83. The van der Waals surface area contributed by atoms with E-state index in [0.29, 0.717) is 25.7 Å². The van der Waals surface area contributed by atoms with E-state index in [1.165, 1.54) is 32.1 Å². The van der Waals surface area contributed by atoms with Crippen LogP contribution in [0.3, 0.4) is 0 Å². The molecule has 0 radical (unpaired) electrons. The Morgan fingerprint density at radius 1 is 1.12 bits per heavy atom. The van der Waals surface area contributed by atoms with Gasteiger partial charge >= 0.3 is 0 Å². The van der Waals surface area contributed by atoms with Gasteiger partial charge in [0.2, 0.25) is 0 Å². The first-order valence-electron chi connectivity index (χ1n) is 6.67. The molecule has 2 unspecified atom stereocenters. The van der Waals surface area contributed by atoms with Gasteiger partial charge in [-0.05, 0) is 32.6 Å². The van der Waals surface area contributed by atoms with Gasteiger partial charge < -0.3 is 14.6 Å². The van der Waals surface area contributed by atoms with Crippen LogP contribution in [0.5, 0.6) is 0 Å². The fourth-order valence-corrected chi connectivity index (χ4v) is 2.55. The van der Waals surface area contributed by atoms with Crippen molar-refractivity contribution in [2.75, 3.05) is 19.8 Å². The Hall–Kier alpha value is -0.120. The van der Waals surface area contributed by atoms with Crippen LogP contribution in [-0.2, 0) is 9.47 Å². The fraction of sp³-hybridized carbons (Fsp3) is 1.00. The zero-order valence-electron chi connectivity index (χ0n) is 10.7. The minimum absolute atomic E-state index is 0.0307. The van der Waals surface area contributed by atoms with Gasteiger partial charge in [-0.25, -0.2) is 0 Å². The van der Waals surface area contributed by atoms with Crippen molar-refractivity contribution < 1.29 is 14.6 Å². The second-order valence-electron chi connectivity index (χ2n) is 4.54. The van der Waals surface area contributed by atoms with Crippen LogP contribution in [0.4, 0.5) is 0 Å². The second kappa shape index (κ2) is 8.04. The van der Waals surface area contributed by atoms with Gasteiger partial charge in [0.25, 0.3) is 0 Å². The van der Waals surface area contributed by atoms with Crippen LogP contribution in [-0.4, -0.2) is 37.1 Å². The van der Waals surface area contributed by atoms with Crippen molar-refractivity contribution in [1.82, 2.24) is 0 Å². The molecule has 1 rings (SSSR count). The third-order valence-electron chi connectivity index (χ3n) is 3.35. The molecule has 2 atom stereocenters. The molecule has 3 heteroatoms. The van der Waals surface area contributed by atoms with Crippen LogP contribution in [0.1, 0.15) is 46.0 Å². The first kappa shape index (κ1) is 13.9. The number of hydrogen-bond donors (Lipinski definition) is 1. The molecule has 1 saturated carbocycles. The number of hydrogen-bond acceptors (Lipinski definition) is 3. The molecule has 3 nitrogen and oxygen atoms in total. The Morgan fingerprint density at radius 3 is 2.38 bits per heavy atom. The van der Waals surface area contributed by atoms with Crippen LogP contribution < -0.4 is 0 Å². The zero-order valence-corrected chi connectivity index (χ0v) is 10.7. The third kappa shape index (κ3) is 4.40. The van der Waals surface area contributed by atoms with E-state index in [9.17, 15) is 5.11 Å². The SMILES string of the molecule is CCOCC(O)C(OCC)C1CCCCC1. The summed E-state index contributed by atoms with van der Waals surface area (Å²) in [5.41, 5.74) is 0. The lowest BCUT2D eigenvalue weighted by molar-refractivity contribution is -0.0976. The molecule has 1 aliphatic carbocycles. The van der Waals surface area contributed by atoms with Gasteiger partial charge in [-0.15, -0.1) is 0 Å². The highest BCUT2D eigenvalue weighted by atomic mass is 16.5. The smallest absolute Gasteiger partial charge is 0.104 e. The standard InChI is InChI=1S/C13H26O3/c1-3-15-10-12(14)13(16-4-2)11-8-6-5-7-9-11/h11-14H,3-10H2,1-2H3. The van der Waals surface area contributed by atoms with Crippen LogP contribution in [0, 0.1) is 5.92 Å². The van der Waals surface area contributed by atoms with Gasteiger partial charge in [-0.3, -0.25) is 0 Å². The number of aliphatic hydroxyl groups excluding tert-OH is 1. The molecule has 0 aromatic heterocycles.